The molecule has 0 saturated heterocycles. The molecule has 0 bridgehead atoms. The molecular formula is C10H17N3O. The Morgan fingerprint density at radius 1 is 1.36 bits per heavy atom. The third-order valence-corrected chi connectivity index (χ3v) is 3.10. The molecule has 4 heteroatoms. The molecule has 14 heavy (non-hydrogen) atoms. The van der Waals surface area contributed by atoms with Crippen molar-refractivity contribution in [3.05, 3.63) is 10.4 Å². The number of carbonyl (C=O) groups excluding carboxylic acids is 1. The molecule has 1 rings (SSSR count). The van der Waals surface area contributed by atoms with Gasteiger partial charge in [0.25, 0.3) is 0 Å². The number of aldehydes is 1. The van der Waals surface area contributed by atoms with Gasteiger partial charge in [-0.05, 0) is 31.2 Å². The maximum atomic E-state index is 11.0. The van der Waals surface area contributed by atoms with Gasteiger partial charge in [-0.15, -0.1) is 0 Å². The highest BCUT2D eigenvalue weighted by Crippen LogP contribution is 2.40. The van der Waals surface area contributed by atoms with E-state index in [1.807, 2.05) is 0 Å². The van der Waals surface area contributed by atoms with Gasteiger partial charge in [-0.2, -0.15) is 0 Å². The lowest BCUT2D eigenvalue weighted by molar-refractivity contribution is -0.116. The monoisotopic (exact) mass is 195 g/mol. The lowest BCUT2D eigenvalue weighted by atomic mass is 9.83. The van der Waals surface area contributed by atoms with Crippen LogP contribution in [-0.4, -0.2) is 12.8 Å². The van der Waals surface area contributed by atoms with Crippen molar-refractivity contribution in [3.63, 3.8) is 0 Å². The standard InChI is InChI=1S/C10H17N3O/c11-13-12-8-4-3-7-10(9-14)5-1-2-6-10/h9H,1-8H2. The summed E-state index contributed by atoms with van der Waals surface area (Å²) in [6, 6.07) is 0. The fourth-order valence-electron chi connectivity index (χ4n) is 2.21. The predicted octanol–water partition coefficient (Wildman–Crippen LogP) is 3.23. The highest BCUT2D eigenvalue weighted by Gasteiger charge is 2.32. The number of rotatable bonds is 6. The number of azide groups is 1. The van der Waals surface area contributed by atoms with Gasteiger partial charge in [0.05, 0.1) is 0 Å². The first-order valence-corrected chi connectivity index (χ1v) is 5.30. The molecule has 0 aromatic heterocycles. The van der Waals surface area contributed by atoms with Crippen LogP contribution >= 0.6 is 0 Å². The van der Waals surface area contributed by atoms with Crippen molar-refractivity contribution < 1.29 is 4.79 Å². The third-order valence-electron chi connectivity index (χ3n) is 3.10. The fourth-order valence-corrected chi connectivity index (χ4v) is 2.21. The van der Waals surface area contributed by atoms with Crippen LogP contribution in [-0.2, 0) is 4.79 Å². The average molecular weight is 195 g/mol. The zero-order valence-electron chi connectivity index (χ0n) is 8.48. The highest BCUT2D eigenvalue weighted by atomic mass is 16.1. The molecule has 0 aliphatic heterocycles. The molecule has 78 valence electrons. The largest absolute Gasteiger partial charge is 0.303 e. The quantitative estimate of drug-likeness (QED) is 0.211. The van der Waals surface area contributed by atoms with Crippen molar-refractivity contribution in [2.75, 3.05) is 6.54 Å². The second kappa shape index (κ2) is 5.66. The van der Waals surface area contributed by atoms with E-state index < -0.39 is 0 Å². The van der Waals surface area contributed by atoms with Crippen LogP contribution in [0.4, 0.5) is 0 Å². The molecule has 0 heterocycles. The minimum atomic E-state index is -0.0314. The summed E-state index contributed by atoms with van der Waals surface area (Å²) in [5.74, 6) is 0. The molecule has 0 atom stereocenters. The second-order valence-electron chi connectivity index (χ2n) is 4.10. The van der Waals surface area contributed by atoms with Crippen molar-refractivity contribution >= 4 is 6.29 Å². The minimum Gasteiger partial charge on any atom is -0.303 e. The van der Waals surface area contributed by atoms with Crippen molar-refractivity contribution in [3.8, 4) is 0 Å². The Kier molecular flexibility index (Phi) is 4.47. The van der Waals surface area contributed by atoms with Crippen LogP contribution in [0.1, 0.15) is 44.9 Å². The topological polar surface area (TPSA) is 65.8 Å². The van der Waals surface area contributed by atoms with Gasteiger partial charge >= 0.3 is 0 Å². The lowest BCUT2D eigenvalue weighted by Crippen LogP contribution is -2.17. The van der Waals surface area contributed by atoms with Crippen molar-refractivity contribution in [2.24, 2.45) is 10.5 Å². The SMILES string of the molecule is [N-]=[N+]=NCCCCC1(C=O)CCCC1. The highest BCUT2D eigenvalue weighted by molar-refractivity contribution is 5.59. The number of nitrogens with zero attached hydrogens (tertiary/aromatic N) is 3. The Hall–Kier alpha value is -1.02. The number of unbranched alkanes of at least 4 members (excludes halogenated alkanes) is 1. The molecule has 1 aliphatic carbocycles. The van der Waals surface area contributed by atoms with Crippen LogP contribution in [0.5, 0.6) is 0 Å². The van der Waals surface area contributed by atoms with Crippen LogP contribution < -0.4 is 0 Å². The fraction of sp³-hybridized carbons (Fsp3) is 0.900. The van der Waals surface area contributed by atoms with E-state index in [1.54, 1.807) is 0 Å². The van der Waals surface area contributed by atoms with Gasteiger partial charge in [0, 0.05) is 16.9 Å². The van der Waals surface area contributed by atoms with E-state index in [9.17, 15) is 4.79 Å². The van der Waals surface area contributed by atoms with Crippen LogP contribution in [0.25, 0.3) is 10.4 Å². The summed E-state index contributed by atoms with van der Waals surface area (Å²) in [4.78, 5) is 13.7. The Morgan fingerprint density at radius 2 is 2.07 bits per heavy atom. The van der Waals surface area contributed by atoms with E-state index in [1.165, 1.54) is 12.8 Å². The molecule has 0 radical (unpaired) electrons. The normalized spacial score (nSPS) is 18.9. The summed E-state index contributed by atoms with van der Waals surface area (Å²) in [5, 5.41) is 3.48. The summed E-state index contributed by atoms with van der Waals surface area (Å²) in [6.45, 7) is 0.561. The van der Waals surface area contributed by atoms with Gasteiger partial charge < -0.3 is 4.79 Å². The molecule has 0 spiro atoms. The molecule has 0 amide bonds. The van der Waals surface area contributed by atoms with Crippen LogP contribution in [0.2, 0.25) is 0 Å². The maximum absolute atomic E-state index is 11.0. The maximum Gasteiger partial charge on any atom is 0.126 e. The van der Waals surface area contributed by atoms with Gasteiger partial charge in [-0.1, -0.05) is 24.4 Å². The van der Waals surface area contributed by atoms with Gasteiger partial charge in [0.2, 0.25) is 0 Å². The van der Waals surface area contributed by atoms with Crippen molar-refractivity contribution in [1.29, 1.82) is 0 Å². The van der Waals surface area contributed by atoms with Gasteiger partial charge in [-0.25, -0.2) is 0 Å². The number of hydrogen-bond donors (Lipinski definition) is 0. The van der Waals surface area contributed by atoms with Gasteiger partial charge in [0.1, 0.15) is 6.29 Å². The Labute approximate surface area is 84.3 Å². The van der Waals surface area contributed by atoms with E-state index >= 15 is 0 Å². The predicted molar refractivity (Wildman–Crippen MR) is 54.8 cm³/mol. The summed E-state index contributed by atoms with van der Waals surface area (Å²) in [6.07, 6.45) is 8.50. The molecule has 0 N–H and O–H groups in total. The van der Waals surface area contributed by atoms with Crippen molar-refractivity contribution in [1.82, 2.24) is 0 Å². The third kappa shape index (κ3) is 3.04. The molecular weight excluding hydrogens is 178 g/mol. The molecule has 1 saturated carbocycles. The zero-order valence-corrected chi connectivity index (χ0v) is 8.48. The molecule has 0 aromatic carbocycles. The summed E-state index contributed by atoms with van der Waals surface area (Å²) < 4.78 is 0. The second-order valence-corrected chi connectivity index (χ2v) is 4.10. The van der Waals surface area contributed by atoms with E-state index in [4.69, 9.17) is 5.53 Å². The van der Waals surface area contributed by atoms with E-state index in [0.717, 1.165) is 38.4 Å². The van der Waals surface area contributed by atoms with Gasteiger partial charge in [-0.3, -0.25) is 0 Å². The summed E-state index contributed by atoms with van der Waals surface area (Å²) in [7, 11) is 0. The molecule has 1 aliphatic rings. The first-order chi connectivity index (χ1) is 6.83. The summed E-state index contributed by atoms with van der Waals surface area (Å²) in [5.41, 5.74) is 8.04. The van der Waals surface area contributed by atoms with Gasteiger partial charge in [0.15, 0.2) is 0 Å². The smallest absolute Gasteiger partial charge is 0.126 e. The Morgan fingerprint density at radius 3 is 2.64 bits per heavy atom. The molecule has 0 unspecified atom stereocenters. The molecule has 0 aromatic rings. The minimum absolute atomic E-state index is 0.0314. The first-order valence-electron chi connectivity index (χ1n) is 5.30. The van der Waals surface area contributed by atoms with Crippen LogP contribution in [0, 0.1) is 5.41 Å². The molecule has 4 nitrogen and oxygen atoms in total. The number of hydrogen-bond acceptors (Lipinski definition) is 2. The Bertz CT molecular complexity index is 228. The zero-order chi connectivity index (χ0) is 10.3. The van der Waals surface area contributed by atoms with E-state index in [2.05, 4.69) is 10.0 Å². The van der Waals surface area contributed by atoms with E-state index in [-0.39, 0.29) is 5.41 Å². The Balaban J connectivity index is 2.21. The average Bonchev–Trinajstić information content (AvgIpc) is 2.67. The van der Waals surface area contributed by atoms with Crippen LogP contribution in [0.15, 0.2) is 5.11 Å². The summed E-state index contributed by atoms with van der Waals surface area (Å²) >= 11 is 0. The van der Waals surface area contributed by atoms with Crippen molar-refractivity contribution in [2.45, 2.75) is 44.9 Å². The lowest BCUT2D eigenvalue weighted by Gasteiger charge is -2.20. The van der Waals surface area contributed by atoms with Crippen LogP contribution in [0.3, 0.4) is 0 Å². The van der Waals surface area contributed by atoms with E-state index in [0.29, 0.717) is 6.54 Å². The number of carbonyl (C=O) groups is 1. The molecule has 1 fully saturated rings. The first kappa shape index (κ1) is 11.1.